The van der Waals surface area contributed by atoms with Crippen LogP contribution in [0.5, 0.6) is 0 Å². The van der Waals surface area contributed by atoms with Crippen LogP contribution in [0.2, 0.25) is 5.02 Å². The summed E-state index contributed by atoms with van der Waals surface area (Å²) in [7, 11) is 0. The van der Waals surface area contributed by atoms with Gasteiger partial charge in [0, 0.05) is 34.3 Å². The fourth-order valence-corrected chi connectivity index (χ4v) is 4.35. The first-order valence-corrected chi connectivity index (χ1v) is 12.0. The molecule has 0 fully saturated rings. The largest absolute Gasteiger partial charge is 0.328 e. The van der Waals surface area contributed by atoms with E-state index < -0.39 is 17.0 Å². The van der Waals surface area contributed by atoms with E-state index in [9.17, 15) is 14.9 Å². The number of halogens is 1. The van der Waals surface area contributed by atoms with E-state index in [2.05, 4.69) is 20.8 Å². The van der Waals surface area contributed by atoms with E-state index in [4.69, 9.17) is 11.6 Å². The van der Waals surface area contributed by atoms with Crippen LogP contribution in [0.3, 0.4) is 0 Å². The fraction of sp³-hybridized carbons (Fsp3) is 0.125. The Kier molecular flexibility index (Phi) is 7.64. The number of thioether (sulfide) groups is 1. The maximum Gasteiger partial charge on any atom is 0.319 e. The maximum atomic E-state index is 12.6. The van der Waals surface area contributed by atoms with Crippen LogP contribution < -0.4 is 10.6 Å². The molecular weight excluding hydrogens is 488 g/mol. The second kappa shape index (κ2) is 11.0. The summed E-state index contributed by atoms with van der Waals surface area (Å²) in [5.41, 5.74) is 2.34. The van der Waals surface area contributed by atoms with Crippen molar-refractivity contribution in [3.8, 4) is 5.69 Å². The van der Waals surface area contributed by atoms with Gasteiger partial charge in [0.1, 0.15) is 0 Å². The molecule has 11 heteroatoms. The molecule has 0 saturated heterocycles. The van der Waals surface area contributed by atoms with Crippen molar-refractivity contribution in [3.63, 3.8) is 0 Å². The Bertz CT molecular complexity index is 1310. The molecule has 1 aromatic heterocycles. The molecule has 4 aromatic rings. The fourth-order valence-electron chi connectivity index (χ4n) is 3.30. The third kappa shape index (κ3) is 6.17. The average Bonchev–Trinajstić information content (AvgIpc) is 3.29. The van der Waals surface area contributed by atoms with Crippen molar-refractivity contribution >= 4 is 40.8 Å². The van der Waals surface area contributed by atoms with Crippen LogP contribution in [0.25, 0.3) is 5.69 Å². The van der Waals surface area contributed by atoms with Gasteiger partial charge in [0.15, 0.2) is 11.0 Å². The summed E-state index contributed by atoms with van der Waals surface area (Å²) < 4.78 is 1.80. The zero-order valence-electron chi connectivity index (χ0n) is 18.6. The summed E-state index contributed by atoms with van der Waals surface area (Å²) in [4.78, 5) is 23.2. The Labute approximate surface area is 210 Å². The van der Waals surface area contributed by atoms with Gasteiger partial charge in [-0.15, -0.1) is 10.2 Å². The molecule has 3 aromatic carbocycles. The van der Waals surface area contributed by atoms with Crippen LogP contribution in [0.15, 0.2) is 84.0 Å². The molecule has 1 unspecified atom stereocenters. The minimum Gasteiger partial charge on any atom is -0.328 e. The molecule has 0 bridgehead atoms. The topological polar surface area (TPSA) is 115 Å². The summed E-state index contributed by atoms with van der Waals surface area (Å²) in [6.45, 7) is 1.79. The van der Waals surface area contributed by atoms with E-state index in [0.29, 0.717) is 33.1 Å². The van der Waals surface area contributed by atoms with Crippen molar-refractivity contribution in [2.45, 2.75) is 23.9 Å². The molecule has 9 nitrogen and oxygen atoms in total. The summed E-state index contributed by atoms with van der Waals surface area (Å²) >= 11 is 7.38. The number of nitro groups is 1. The number of hydrogen-bond donors (Lipinski definition) is 2. The number of carbonyl (C=O) groups is 1. The molecule has 2 amide bonds. The molecule has 0 spiro atoms. The van der Waals surface area contributed by atoms with Gasteiger partial charge >= 0.3 is 6.03 Å². The van der Waals surface area contributed by atoms with Crippen molar-refractivity contribution < 1.29 is 9.72 Å². The van der Waals surface area contributed by atoms with Crippen LogP contribution in [0, 0.1) is 10.1 Å². The number of amides is 2. The van der Waals surface area contributed by atoms with Crippen LogP contribution in [0.4, 0.5) is 16.2 Å². The second-order valence-electron chi connectivity index (χ2n) is 7.55. The van der Waals surface area contributed by atoms with Gasteiger partial charge in [-0.2, -0.15) is 0 Å². The highest BCUT2D eigenvalue weighted by atomic mass is 35.5. The van der Waals surface area contributed by atoms with E-state index >= 15 is 0 Å². The number of non-ortho nitro benzene ring substituents is 1. The molecule has 1 heterocycles. The van der Waals surface area contributed by atoms with Crippen molar-refractivity contribution in [2.24, 2.45) is 0 Å². The number of nitrogens with zero attached hydrogens (tertiary/aromatic N) is 4. The third-order valence-corrected chi connectivity index (χ3v) is 6.28. The number of rotatable bonds is 8. The highest BCUT2D eigenvalue weighted by molar-refractivity contribution is 7.98. The standard InChI is InChI=1S/C24H21ClN6O3S/c1-16(26-23(32)27-19-9-7-18(25)8-10-19)22-28-29-24(35-15-17-5-3-2-4-6-17)30(22)20-11-13-21(14-12-20)31(33)34/h2-14,16H,15H2,1H3,(H2,26,27,32). The van der Waals surface area contributed by atoms with Crippen molar-refractivity contribution in [3.05, 3.63) is 105 Å². The first-order chi connectivity index (χ1) is 16.9. The summed E-state index contributed by atoms with van der Waals surface area (Å²) in [6, 6.07) is 21.9. The summed E-state index contributed by atoms with van der Waals surface area (Å²) in [5, 5.41) is 26.6. The Morgan fingerprint density at radius 3 is 2.40 bits per heavy atom. The number of nitro benzene ring substituents is 1. The Balaban J connectivity index is 1.58. The van der Waals surface area contributed by atoms with Crippen LogP contribution in [-0.4, -0.2) is 25.7 Å². The Morgan fingerprint density at radius 1 is 1.06 bits per heavy atom. The third-order valence-electron chi connectivity index (χ3n) is 5.02. The number of benzene rings is 3. The van der Waals surface area contributed by atoms with Gasteiger partial charge in [0.05, 0.1) is 11.0 Å². The van der Waals surface area contributed by atoms with Crippen LogP contribution >= 0.6 is 23.4 Å². The minimum atomic E-state index is -0.518. The minimum absolute atomic E-state index is 0.0182. The molecule has 2 N–H and O–H groups in total. The molecule has 0 aliphatic rings. The molecule has 35 heavy (non-hydrogen) atoms. The van der Waals surface area contributed by atoms with E-state index in [1.165, 1.54) is 23.9 Å². The van der Waals surface area contributed by atoms with E-state index in [1.807, 2.05) is 30.3 Å². The summed E-state index contributed by atoms with van der Waals surface area (Å²) in [5.74, 6) is 1.14. The highest BCUT2D eigenvalue weighted by Gasteiger charge is 2.22. The van der Waals surface area contributed by atoms with Gasteiger partial charge < -0.3 is 10.6 Å². The van der Waals surface area contributed by atoms with Crippen molar-refractivity contribution in [1.29, 1.82) is 0 Å². The monoisotopic (exact) mass is 508 g/mol. The lowest BCUT2D eigenvalue weighted by atomic mass is 10.2. The van der Waals surface area contributed by atoms with Gasteiger partial charge in [-0.25, -0.2) is 4.79 Å². The maximum absolute atomic E-state index is 12.6. The number of carbonyl (C=O) groups excluding carboxylic acids is 1. The molecule has 0 aliphatic heterocycles. The molecule has 178 valence electrons. The van der Waals surface area contributed by atoms with Gasteiger partial charge in [-0.1, -0.05) is 53.7 Å². The summed E-state index contributed by atoms with van der Waals surface area (Å²) in [6.07, 6.45) is 0. The lowest BCUT2D eigenvalue weighted by Crippen LogP contribution is -2.32. The highest BCUT2D eigenvalue weighted by Crippen LogP contribution is 2.28. The van der Waals surface area contributed by atoms with Gasteiger partial charge in [0.2, 0.25) is 0 Å². The lowest BCUT2D eigenvalue weighted by molar-refractivity contribution is -0.384. The van der Waals surface area contributed by atoms with Gasteiger partial charge in [0.25, 0.3) is 5.69 Å². The predicted molar refractivity (Wildman–Crippen MR) is 136 cm³/mol. The molecule has 0 saturated carbocycles. The van der Waals surface area contributed by atoms with Gasteiger partial charge in [-0.05, 0) is 48.9 Å². The number of hydrogen-bond acceptors (Lipinski definition) is 6. The predicted octanol–water partition coefficient (Wildman–Crippen LogP) is 6.00. The first kappa shape index (κ1) is 24.2. The average molecular weight is 509 g/mol. The Hall–Kier alpha value is -3.89. The van der Waals surface area contributed by atoms with Crippen LogP contribution in [-0.2, 0) is 5.75 Å². The smallest absolute Gasteiger partial charge is 0.319 e. The van der Waals surface area contributed by atoms with E-state index in [0.717, 1.165) is 5.56 Å². The molecule has 1 atom stereocenters. The normalized spacial score (nSPS) is 11.6. The van der Waals surface area contributed by atoms with Crippen molar-refractivity contribution in [2.75, 3.05) is 5.32 Å². The quantitative estimate of drug-likeness (QED) is 0.171. The number of aromatic nitrogens is 3. The first-order valence-electron chi connectivity index (χ1n) is 10.6. The lowest BCUT2D eigenvalue weighted by Gasteiger charge is -2.17. The number of urea groups is 1. The molecule has 4 rings (SSSR count). The van der Waals surface area contributed by atoms with Crippen LogP contribution in [0.1, 0.15) is 24.4 Å². The zero-order valence-corrected chi connectivity index (χ0v) is 20.2. The van der Waals surface area contributed by atoms with Crippen molar-refractivity contribution in [1.82, 2.24) is 20.1 Å². The SMILES string of the molecule is CC(NC(=O)Nc1ccc(Cl)cc1)c1nnc(SCc2ccccc2)n1-c1ccc([N+](=O)[O-])cc1. The molecule has 0 radical (unpaired) electrons. The van der Waals surface area contributed by atoms with E-state index in [1.54, 1.807) is 47.9 Å². The van der Waals surface area contributed by atoms with Gasteiger partial charge in [-0.3, -0.25) is 14.7 Å². The second-order valence-corrected chi connectivity index (χ2v) is 8.93. The zero-order chi connectivity index (χ0) is 24.8. The Morgan fingerprint density at radius 2 is 1.74 bits per heavy atom. The number of nitrogens with one attached hydrogen (secondary N) is 2. The number of anilines is 1. The molecule has 0 aliphatic carbocycles. The van der Waals surface area contributed by atoms with E-state index in [-0.39, 0.29) is 5.69 Å². The molecular formula is C24H21ClN6O3S.